The van der Waals surface area contributed by atoms with Crippen LogP contribution in [0, 0.1) is 41.7 Å². The highest BCUT2D eigenvalue weighted by molar-refractivity contribution is 5.90. The zero-order valence-corrected chi connectivity index (χ0v) is 16.1. The molecule has 0 aliphatic carbocycles. The summed E-state index contributed by atoms with van der Waals surface area (Å²) >= 11 is 0. The van der Waals surface area contributed by atoms with E-state index in [1.54, 1.807) is 0 Å². The highest BCUT2D eigenvalue weighted by Crippen LogP contribution is 2.20. The molecule has 5 aliphatic rings. The van der Waals surface area contributed by atoms with Crippen LogP contribution in [0.15, 0.2) is 0 Å². The molecule has 0 aromatic heterocycles. The minimum atomic E-state index is -0.924. The van der Waals surface area contributed by atoms with Gasteiger partial charge >= 0.3 is 0 Å². The fourth-order valence-corrected chi connectivity index (χ4v) is 3.24. The molecule has 0 saturated carbocycles. The van der Waals surface area contributed by atoms with E-state index < -0.39 is 40.9 Å². The Morgan fingerprint density at radius 2 is 0.867 bits per heavy atom. The molecule has 4 bridgehead atoms. The Labute approximate surface area is 169 Å². The van der Waals surface area contributed by atoms with E-state index in [-0.39, 0.29) is 0 Å². The van der Waals surface area contributed by atoms with Gasteiger partial charge in [-0.15, -0.1) is 0 Å². The summed E-state index contributed by atoms with van der Waals surface area (Å²) in [6.45, 7) is 6.57. The van der Waals surface area contributed by atoms with Crippen molar-refractivity contribution in [2.45, 2.75) is 6.92 Å². The summed E-state index contributed by atoms with van der Waals surface area (Å²) in [6.07, 6.45) is 0. The van der Waals surface area contributed by atoms with Crippen molar-refractivity contribution < 1.29 is 19.9 Å². The molecule has 0 radical (unpaired) electrons. The summed E-state index contributed by atoms with van der Waals surface area (Å²) in [5, 5.41) is 36.9. The van der Waals surface area contributed by atoms with Crippen LogP contribution >= 0.6 is 0 Å². The Balaban J connectivity index is 0.000000182. The van der Waals surface area contributed by atoms with Gasteiger partial charge in [0.05, 0.1) is 40.0 Å². The summed E-state index contributed by atoms with van der Waals surface area (Å²) in [5.74, 6) is -0.440. The molecule has 0 atom stereocenters. The standard InChI is InChI=1S/C6H12N4.C3H6N6O6.C3H3NO/c1-7-2-9-4-8(1)5-10(3-7)6-9;10-7(11)4-1-5(8(12)13)3-6(2-4)9(14)15;1-3(5)2-4/h1-6H2;1-3H2;1H3. The van der Waals surface area contributed by atoms with Crippen LogP contribution in [0.1, 0.15) is 6.92 Å². The van der Waals surface area contributed by atoms with E-state index in [0.717, 1.165) is 0 Å². The van der Waals surface area contributed by atoms with Crippen molar-refractivity contribution >= 4 is 5.78 Å². The first kappa shape index (κ1) is 22.9. The van der Waals surface area contributed by atoms with Gasteiger partial charge in [-0.2, -0.15) is 5.26 Å². The Hall–Kier alpha value is -3.40. The van der Waals surface area contributed by atoms with Crippen molar-refractivity contribution in [2.75, 3.05) is 60.0 Å². The van der Waals surface area contributed by atoms with Gasteiger partial charge in [-0.05, 0) is 0 Å². The lowest BCUT2D eigenvalue weighted by Gasteiger charge is -2.56. The van der Waals surface area contributed by atoms with Gasteiger partial charge in [0.2, 0.25) is 25.8 Å². The highest BCUT2D eigenvalue weighted by Gasteiger charge is 2.39. The molecule has 0 N–H and O–H groups in total. The fraction of sp³-hybridized carbons (Fsp3) is 0.833. The number of nitro groups is 3. The first-order chi connectivity index (χ1) is 14.1. The Kier molecular flexibility index (Phi) is 7.54. The maximum atomic E-state index is 10.3. The van der Waals surface area contributed by atoms with Crippen LogP contribution in [0.3, 0.4) is 0 Å². The van der Waals surface area contributed by atoms with Crippen molar-refractivity contribution in [3.8, 4) is 6.07 Å². The van der Waals surface area contributed by atoms with Gasteiger partial charge < -0.3 is 0 Å². The number of rotatable bonds is 3. The molecule has 0 spiro atoms. The second kappa shape index (κ2) is 9.88. The average Bonchev–Trinajstić information content (AvgIpc) is 2.67. The lowest BCUT2D eigenvalue weighted by Crippen LogP contribution is -2.71. The average molecular weight is 431 g/mol. The quantitative estimate of drug-likeness (QED) is 0.257. The molecule has 0 aromatic carbocycles. The van der Waals surface area contributed by atoms with Crippen LogP contribution in [-0.2, 0) is 4.79 Å². The normalized spacial score (nSPS) is 28.3. The van der Waals surface area contributed by atoms with Crippen LogP contribution in [0.25, 0.3) is 0 Å². The lowest BCUT2D eigenvalue weighted by atomic mass is 10.4. The van der Waals surface area contributed by atoms with Gasteiger partial charge in [-0.3, -0.25) is 24.4 Å². The fourth-order valence-electron chi connectivity index (χ4n) is 3.24. The molecule has 5 saturated heterocycles. The Morgan fingerprint density at radius 3 is 1.00 bits per heavy atom. The van der Waals surface area contributed by atoms with Crippen molar-refractivity contribution in [3.05, 3.63) is 30.3 Å². The van der Waals surface area contributed by atoms with Gasteiger partial charge in [-0.1, -0.05) is 15.0 Å². The summed E-state index contributed by atoms with van der Waals surface area (Å²) in [5.41, 5.74) is 0. The van der Waals surface area contributed by atoms with Crippen molar-refractivity contribution in [2.24, 2.45) is 0 Å². The van der Waals surface area contributed by atoms with Crippen molar-refractivity contribution in [3.63, 3.8) is 0 Å². The molecule has 18 heteroatoms. The molecular weight excluding hydrogens is 410 g/mol. The van der Waals surface area contributed by atoms with Gasteiger partial charge in [-0.25, -0.2) is 30.3 Å². The highest BCUT2D eigenvalue weighted by atomic mass is 16.7. The number of hydrogen-bond acceptors (Lipinski definition) is 12. The Morgan fingerprint density at radius 1 is 0.667 bits per heavy atom. The van der Waals surface area contributed by atoms with E-state index in [9.17, 15) is 35.1 Å². The van der Waals surface area contributed by atoms with E-state index in [1.807, 2.05) is 0 Å². The molecule has 5 heterocycles. The summed E-state index contributed by atoms with van der Waals surface area (Å²) < 4.78 is 0. The number of nitrogens with zero attached hydrogens (tertiary/aromatic N) is 11. The maximum Gasteiger partial charge on any atom is 0.228 e. The first-order valence-electron chi connectivity index (χ1n) is 8.57. The van der Waals surface area contributed by atoms with E-state index in [2.05, 4.69) is 19.6 Å². The van der Waals surface area contributed by atoms with E-state index >= 15 is 0 Å². The summed E-state index contributed by atoms with van der Waals surface area (Å²) in [6, 6.07) is 1.39. The molecule has 0 aromatic rings. The zero-order valence-electron chi connectivity index (χ0n) is 16.1. The smallest absolute Gasteiger partial charge is 0.228 e. The minimum Gasteiger partial charge on any atom is -0.283 e. The summed E-state index contributed by atoms with van der Waals surface area (Å²) in [7, 11) is 0. The zero-order chi connectivity index (χ0) is 22.4. The van der Waals surface area contributed by atoms with Crippen molar-refractivity contribution in [1.82, 2.24) is 34.6 Å². The van der Waals surface area contributed by atoms with Gasteiger partial charge in [0.1, 0.15) is 6.07 Å². The van der Waals surface area contributed by atoms with Gasteiger partial charge in [0.25, 0.3) is 0 Å². The number of Topliss-reactive ketones (excluding diaryl/α,β-unsaturated/α-hetero) is 1. The molecule has 5 fully saturated rings. The molecule has 0 unspecified atom stereocenters. The van der Waals surface area contributed by atoms with Crippen molar-refractivity contribution in [1.29, 1.82) is 5.26 Å². The van der Waals surface area contributed by atoms with Crippen LogP contribution in [-0.4, -0.2) is 116 Å². The minimum absolute atomic E-state index is 0.370. The number of hydrazine groups is 3. The monoisotopic (exact) mass is 431 g/mol. The molecule has 5 rings (SSSR count). The second-order valence-corrected chi connectivity index (χ2v) is 6.86. The number of nitriles is 1. The predicted octanol–water partition coefficient (Wildman–Crippen LogP) is -2.57. The summed E-state index contributed by atoms with van der Waals surface area (Å²) in [4.78, 5) is 50.3. The second-order valence-electron chi connectivity index (χ2n) is 6.86. The number of carbonyl (C=O) groups is 1. The maximum absolute atomic E-state index is 10.3. The van der Waals surface area contributed by atoms with Gasteiger partial charge in [0.15, 0.2) is 15.1 Å². The molecule has 0 amide bonds. The number of carbonyl (C=O) groups excluding carboxylic acids is 1. The molecule has 30 heavy (non-hydrogen) atoms. The van der Waals surface area contributed by atoms with E-state index in [4.69, 9.17) is 5.26 Å². The lowest BCUT2D eigenvalue weighted by molar-refractivity contribution is -0.775. The molecular formula is C12H21N11O7. The van der Waals surface area contributed by atoms with Crippen LogP contribution in [0.2, 0.25) is 0 Å². The molecule has 166 valence electrons. The first-order valence-corrected chi connectivity index (χ1v) is 8.57. The van der Waals surface area contributed by atoms with Crippen LogP contribution in [0.5, 0.6) is 0 Å². The predicted molar refractivity (Wildman–Crippen MR) is 94.0 cm³/mol. The van der Waals surface area contributed by atoms with Crippen LogP contribution in [0.4, 0.5) is 0 Å². The number of hydrogen-bond donors (Lipinski definition) is 0. The SMILES string of the molecule is C1N2CN3CN1CN(C2)C3.CC(=O)C#N.O=[N+]([O-])N1CN([N+](=O)[O-])CN([N+](=O)[O-])C1. The Bertz CT molecular complexity index is 618. The third-order valence-corrected chi connectivity index (χ3v) is 4.23. The third kappa shape index (κ3) is 6.31. The largest absolute Gasteiger partial charge is 0.283 e. The topological polar surface area (TPSA) is 193 Å². The number of ketones is 1. The van der Waals surface area contributed by atoms with Crippen LogP contribution < -0.4 is 0 Å². The van der Waals surface area contributed by atoms with Gasteiger partial charge in [0, 0.05) is 6.92 Å². The third-order valence-electron chi connectivity index (χ3n) is 4.23. The van der Waals surface area contributed by atoms with E-state index in [1.165, 1.54) is 53.0 Å². The molecule has 18 nitrogen and oxygen atoms in total. The van der Waals surface area contributed by atoms with E-state index in [0.29, 0.717) is 15.0 Å². The molecule has 5 aliphatic heterocycles.